The van der Waals surface area contributed by atoms with E-state index in [4.69, 9.17) is 9.47 Å². The minimum absolute atomic E-state index is 0.104. The van der Waals surface area contributed by atoms with Crippen LogP contribution < -0.4 is 4.74 Å². The van der Waals surface area contributed by atoms with Crippen molar-refractivity contribution in [1.82, 2.24) is 4.31 Å². The molecule has 7 nitrogen and oxygen atoms in total. The second-order valence-corrected chi connectivity index (χ2v) is 13.1. The van der Waals surface area contributed by atoms with Crippen LogP contribution >= 0.6 is 0 Å². The molecule has 0 aromatic heterocycles. The predicted molar refractivity (Wildman–Crippen MR) is 116 cm³/mol. The van der Waals surface area contributed by atoms with Gasteiger partial charge in [-0.3, -0.25) is 0 Å². The third-order valence-electron chi connectivity index (χ3n) is 5.92. The van der Waals surface area contributed by atoms with Crippen molar-refractivity contribution >= 4 is 19.9 Å². The monoisotopic (exact) mass is 459 g/mol. The largest absolute Gasteiger partial charge is 0.490 e. The van der Waals surface area contributed by atoms with Crippen LogP contribution in [-0.2, 0) is 24.6 Å². The Morgan fingerprint density at radius 2 is 1.33 bits per heavy atom. The predicted octanol–water partition coefficient (Wildman–Crippen LogP) is 3.00. The Labute approximate surface area is 180 Å². The average Bonchev–Trinajstić information content (AvgIpc) is 2.69. The summed E-state index contributed by atoms with van der Waals surface area (Å²) in [6, 6.07) is 6.56. The highest BCUT2D eigenvalue weighted by Crippen LogP contribution is 2.29. The van der Waals surface area contributed by atoms with Gasteiger partial charge in [0.25, 0.3) is 0 Å². The second kappa shape index (κ2) is 9.54. The molecule has 30 heavy (non-hydrogen) atoms. The van der Waals surface area contributed by atoms with E-state index in [0.29, 0.717) is 23.7 Å². The van der Waals surface area contributed by atoms with Gasteiger partial charge in [0.05, 0.1) is 28.5 Å². The molecule has 170 valence electrons. The van der Waals surface area contributed by atoms with Gasteiger partial charge in [-0.05, 0) is 76.6 Å². The van der Waals surface area contributed by atoms with Gasteiger partial charge >= 0.3 is 0 Å². The molecule has 1 aliphatic carbocycles. The maximum atomic E-state index is 12.3. The molecule has 0 N–H and O–H groups in total. The van der Waals surface area contributed by atoms with Gasteiger partial charge in [-0.1, -0.05) is 0 Å². The molecular weight excluding hydrogens is 426 g/mol. The second-order valence-electron chi connectivity index (χ2n) is 8.59. The summed E-state index contributed by atoms with van der Waals surface area (Å²) in [5.74, 6) is 0.686. The van der Waals surface area contributed by atoms with Crippen molar-refractivity contribution in [3.63, 3.8) is 0 Å². The normalized spacial score (nSPS) is 24.8. The van der Waals surface area contributed by atoms with E-state index in [0.717, 1.165) is 38.5 Å². The Morgan fingerprint density at radius 3 is 1.83 bits per heavy atom. The van der Waals surface area contributed by atoms with Crippen molar-refractivity contribution in [2.45, 2.75) is 80.8 Å². The van der Waals surface area contributed by atoms with E-state index < -0.39 is 19.9 Å². The van der Waals surface area contributed by atoms with Crippen LogP contribution in [0.5, 0.6) is 5.75 Å². The standard InChI is InChI=1S/C21H33NO6S2/c1-16(2)30(25,26)22-14-12-20(13-15-22)28-18-6-4-17(5-7-18)27-19-8-10-21(11-9-19)29(3,23)24/h8-11,16-18,20H,4-7,12-15H2,1-3H3. The zero-order valence-electron chi connectivity index (χ0n) is 18.0. The summed E-state index contributed by atoms with van der Waals surface area (Å²) in [5, 5.41) is -0.382. The highest BCUT2D eigenvalue weighted by molar-refractivity contribution is 7.90. The third kappa shape index (κ3) is 5.96. The molecule has 0 bridgehead atoms. The third-order valence-corrected chi connectivity index (χ3v) is 9.32. The topological polar surface area (TPSA) is 90.0 Å². The first-order valence-electron chi connectivity index (χ1n) is 10.7. The van der Waals surface area contributed by atoms with Crippen molar-refractivity contribution in [1.29, 1.82) is 0 Å². The van der Waals surface area contributed by atoms with Crippen LogP contribution in [-0.4, -0.2) is 64.0 Å². The molecule has 1 heterocycles. The smallest absolute Gasteiger partial charge is 0.216 e. The van der Waals surface area contributed by atoms with Crippen molar-refractivity contribution in [2.24, 2.45) is 0 Å². The molecule has 1 aromatic carbocycles. The SMILES string of the molecule is CC(C)S(=O)(=O)N1CCC(OC2CCC(Oc3ccc(S(C)(=O)=O)cc3)CC2)CC1. The number of rotatable bonds is 7. The highest BCUT2D eigenvalue weighted by atomic mass is 32.2. The van der Waals surface area contributed by atoms with E-state index in [9.17, 15) is 16.8 Å². The maximum Gasteiger partial charge on any atom is 0.216 e. The van der Waals surface area contributed by atoms with Crippen LogP contribution in [0.25, 0.3) is 0 Å². The highest BCUT2D eigenvalue weighted by Gasteiger charge is 2.32. The first-order chi connectivity index (χ1) is 14.1. The summed E-state index contributed by atoms with van der Waals surface area (Å²) in [6.45, 7) is 4.51. The fourth-order valence-electron chi connectivity index (χ4n) is 4.04. The van der Waals surface area contributed by atoms with E-state index in [-0.39, 0.29) is 23.6 Å². The van der Waals surface area contributed by atoms with Crippen LogP contribution in [0.15, 0.2) is 29.2 Å². The Kier molecular flexibility index (Phi) is 7.48. The van der Waals surface area contributed by atoms with Gasteiger partial charge in [0.15, 0.2) is 9.84 Å². The Bertz CT molecular complexity index is 895. The van der Waals surface area contributed by atoms with Gasteiger partial charge in [0.2, 0.25) is 10.0 Å². The number of sulfonamides is 1. The molecule has 9 heteroatoms. The average molecular weight is 460 g/mol. The van der Waals surface area contributed by atoms with Crippen molar-refractivity contribution in [2.75, 3.05) is 19.3 Å². The van der Waals surface area contributed by atoms with Gasteiger partial charge in [-0.2, -0.15) is 0 Å². The minimum atomic E-state index is -3.20. The molecule has 1 aliphatic heterocycles. The number of hydrogen-bond acceptors (Lipinski definition) is 6. The number of benzene rings is 1. The Morgan fingerprint density at radius 1 is 0.833 bits per heavy atom. The first-order valence-corrected chi connectivity index (χ1v) is 14.1. The van der Waals surface area contributed by atoms with E-state index in [1.165, 1.54) is 6.26 Å². The molecular formula is C21H33NO6S2. The van der Waals surface area contributed by atoms with Crippen molar-refractivity contribution in [3.05, 3.63) is 24.3 Å². The lowest BCUT2D eigenvalue weighted by atomic mass is 9.94. The zero-order valence-corrected chi connectivity index (χ0v) is 19.6. The minimum Gasteiger partial charge on any atom is -0.490 e. The maximum absolute atomic E-state index is 12.3. The lowest BCUT2D eigenvalue weighted by Gasteiger charge is -2.36. The summed E-state index contributed by atoms with van der Waals surface area (Å²) in [6.07, 6.45) is 6.70. The molecule has 0 atom stereocenters. The van der Waals surface area contributed by atoms with Crippen LogP contribution in [0.4, 0.5) is 0 Å². The fraction of sp³-hybridized carbons (Fsp3) is 0.714. The lowest BCUT2D eigenvalue weighted by molar-refractivity contribution is -0.0604. The summed E-state index contributed by atoms with van der Waals surface area (Å²) in [4.78, 5) is 0.291. The summed E-state index contributed by atoms with van der Waals surface area (Å²) < 4.78 is 61.5. The fourth-order valence-corrected chi connectivity index (χ4v) is 5.98. The van der Waals surface area contributed by atoms with Gasteiger partial charge in [-0.25, -0.2) is 21.1 Å². The van der Waals surface area contributed by atoms with E-state index >= 15 is 0 Å². The first kappa shape index (κ1) is 23.5. The quantitative estimate of drug-likeness (QED) is 0.623. The Hall–Kier alpha value is -1.16. The van der Waals surface area contributed by atoms with Gasteiger partial charge < -0.3 is 9.47 Å². The van der Waals surface area contributed by atoms with Crippen LogP contribution in [0.1, 0.15) is 52.4 Å². The molecule has 2 aliphatic rings. The van der Waals surface area contributed by atoms with Gasteiger partial charge in [-0.15, -0.1) is 0 Å². The molecule has 0 unspecified atom stereocenters. The molecule has 1 saturated carbocycles. The molecule has 2 fully saturated rings. The van der Waals surface area contributed by atoms with Crippen molar-refractivity contribution < 1.29 is 26.3 Å². The molecule has 3 rings (SSSR count). The lowest BCUT2D eigenvalue weighted by Crippen LogP contribution is -2.44. The van der Waals surface area contributed by atoms with Crippen LogP contribution in [0.2, 0.25) is 0 Å². The van der Waals surface area contributed by atoms with E-state index in [2.05, 4.69) is 0 Å². The molecule has 0 amide bonds. The van der Waals surface area contributed by atoms with E-state index in [1.54, 1.807) is 42.4 Å². The zero-order chi connectivity index (χ0) is 21.9. The number of hydrogen-bond donors (Lipinski definition) is 0. The van der Waals surface area contributed by atoms with Crippen molar-refractivity contribution in [3.8, 4) is 5.75 Å². The molecule has 0 spiro atoms. The van der Waals surface area contributed by atoms with Crippen LogP contribution in [0.3, 0.4) is 0 Å². The number of sulfone groups is 1. The summed E-state index contributed by atoms with van der Waals surface area (Å²) in [7, 11) is -6.38. The number of ether oxygens (including phenoxy) is 2. The van der Waals surface area contributed by atoms with E-state index in [1.807, 2.05) is 0 Å². The molecule has 1 aromatic rings. The summed E-state index contributed by atoms with van der Waals surface area (Å²) in [5.41, 5.74) is 0. The van der Waals surface area contributed by atoms with Crippen LogP contribution in [0, 0.1) is 0 Å². The number of piperidine rings is 1. The molecule has 1 saturated heterocycles. The van der Waals surface area contributed by atoms with Gasteiger partial charge in [0, 0.05) is 19.3 Å². The summed E-state index contributed by atoms with van der Waals surface area (Å²) >= 11 is 0. The number of nitrogens with zero attached hydrogens (tertiary/aromatic N) is 1. The Balaban J connectivity index is 1.41. The van der Waals surface area contributed by atoms with Gasteiger partial charge in [0.1, 0.15) is 5.75 Å². The molecule has 0 radical (unpaired) electrons.